The first-order chi connectivity index (χ1) is 4.75. The van der Waals surface area contributed by atoms with Crippen molar-refractivity contribution >= 4 is 0 Å². The molecule has 2 nitrogen and oxygen atoms in total. The summed E-state index contributed by atoms with van der Waals surface area (Å²) in [5.74, 6) is 0.617. The molecule has 2 N–H and O–H groups in total. The first-order valence-electron chi connectivity index (χ1n) is 4.03. The van der Waals surface area contributed by atoms with Gasteiger partial charge in [-0.1, -0.05) is 13.8 Å². The Labute approximate surface area is 62.7 Å². The van der Waals surface area contributed by atoms with Crippen LogP contribution in [-0.4, -0.2) is 19.8 Å². The maximum Gasteiger partial charge on any atom is 0.0547 e. The van der Waals surface area contributed by atoms with Gasteiger partial charge in [-0.05, 0) is 18.9 Å². The van der Waals surface area contributed by atoms with E-state index in [-0.39, 0.29) is 0 Å². The minimum Gasteiger partial charge on any atom is -0.380 e. The third-order valence-electron chi connectivity index (χ3n) is 2.88. The van der Waals surface area contributed by atoms with Crippen molar-refractivity contribution in [1.29, 1.82) is 0 Å². The summed E-state index contributed by atoms with van der Waals surface area (Å²) in [5.41, 5.74) is 6.01. The Morgan fingerprint density at radius 3 is 2.30 bits per heavy atom. The topological polar surface area (TPSA) is 35.2 Å². The van der Waals surface area contributed by atoms with Crippen LogP contribution in [0.4, 0.5) is 0 Å². The van der Waals surface area contributed by atoms with Gasteiger partial charge in [-0.25, -0.2) is 0 Å². The average molecular weight is 143 g/mol. The summed E-state index contributed by atoms with van der Waals surface area (Å²) in [4.78, 5) is 0. The van der Waals surface area contributed by atoms with E-state index in [0.29, 0.717) is 11.3 Å². The van der Waals surface area contributed by atoms with Gasteiger partial charge in [-0.15, -0.1) is 0 Å². The van der Waals surface area contributed by atoms with E-state index in [2.05, 4.69) is 13.8 Å². The third-order valence-corrected chi connectivity index (χ3v) is 2.88. The second-order valence-corrected chi connectivity index (χ2v) is 3.35. The van der Waals surface area contributed by atoms with E-state index in [1.165, 1.54) is 6.42 Å². The van der Waals surface area contributed by atoms with Crippen molar-refractivity contribution in [2.24, 2.45) is 17.1 Å². The Morgan fingerprint density at radius 1 is 1.60 bits per heavy atom. The fraction of sp³-hybridized carbons (Fsp3) is 1.00. The molecule has 0 spiro atoms. The molecule has 1 aliphatic rings. The zero-order chi connectivity index (χ0) is 7.61. The minimum atomic E-state index is 0.425. The highest BCUT2D eigenvalue weighted by Gasteiger charge is 2.40. The van der Waals surface area contributed by atoms with Gasteiger partial charge in [-0.3, -0.25) is 0 Å². The van der Waals surface area contributed by atoms with E-state index in [9.17, 15) is 0 Å². The number of ether oxygens (including phenoxy) is 1. The fourth-order valence-corrected chi connectivity index (χ4v) is 1.45. The van der Waals surface area contributed by atoms with Gasteiger partial charge in [0.1, 0.15) is 0 Å². The highest BCUT2D eigenvalue weighted by molar-refractivity contribution is 4.89. The van der Waals surface area contributed by atoms with E-state index in [4.69, 9.17) is 10.5 Å². The first kappa shape index (κ1) is 8.02. The number of hydrogen-bond donors (Lipinski definition) is 1. The summed E-state index contributed by atoms with van der Waals surface area (Å²) in [7, 11) is 0. The molecule has 2 heteroatoms. The van der Waals surface area contributed by atoms with E-state index < -0.39 is 0 Å². The standard InChI is InChI=1S/C8H17NO/c1-3-8(5-10-6-8)7(2)4-9/h7H,3-6,9H2,1-2H3. The summed E-state index contributed by atoms with van der Waals surface area (Å²) < 4.78 is 5.20. The Bertz CT molecular complexity index is 104. The smallest absolute Gasteiger partial charge is 0.0547 e. The zero-order valence-corrected chi connectivity index (χ0v) is 6.89. The van der Waals surface area contributed by atoms with Crippen LogP contribution in [0.25, 0.3) is 0 Å². The first-order valence-corrected chi connectivity index (χ1v) is 4.03. The van der Waals surface area contributed by atoms with Crippen molar-refractivity contribution < 1.29 is 4.74 Å². The van der Waals surface area contributed by atoms with Crippen molar-refractivity contribution in [2.75, 3.05) is 19.8 Å². The zero-order valence-electron chi connectivity index (χ0n) is 6.89. The predicted molar refractivity (Wildman–Crippen MR) is 41.8 cm³/mol. The lowest BCUT2D eigenvalue weighted by molar-refractivity contribution is -0.142. The van der Waals surface area contributed by atoms with Gasteiger partial charge in [0, 0.05) is 5.41 Å². The Kier molecular flexibility index (Phi) is 2.32. The molecule has 1 unspecified atom stereocenters. The largest absolute Gasteiger partial charge is 0.380 e. The van der Waals surface area contributed by atoms with Crippen molar-refractivity contribution in [3.63, 3.8) is 0 Å². The monoisotopic (exact) mass is 143 g/mol. The van der Waals surface area contributed by atoms with Gasteiger partial charge >= 0.3 is 0 Å². The molecule has 10 heavy (non-hydrogen) atoms. The predicted octanol–water partition coefficient (Wildman–Crippen LogP) is 1.01. The number of hydrogen-bond acceptors (Lipinski definition) is 2. The molecular weight excluding hydrogens is 126 g/mol. The summed E-state index contributed by atoms with van der Waals surface area (Å²) in [6.45, 7) is 7.06. The molecule has 0 aliphatic carbocycles. The molecule has 1 atom stereocenters. The summed E-state index contributed by atoms with van der Waals surface area (Å²) in [5, 5.41) is 0. The van der Waals surface area contributed by atoms with Crippen molar-refractivity contribution in [1.82, 2.24) is 0 Å². The molecule has 1 aliphatic heterocycles. The molecular formula is C8H17NO. The lowest BCUT2D eigenvalue weighted by atomic mass is 9.72. The van der Waals surface area contributed by atoms with E-state index in [1.54, 1.807) is 0 Å². The van der Waals surface area contributed by atoms with Crippen molar-refractivity contribution in [3.8, 4) is 0 Å². The summed E-state index contributed by atoms with van der Waals surface area (Å²) >= 11 is 0. The number of rotatable bonds is 3. The minimum absolute atomic E-state index is 0.425. The molecule has 0 amide bonds. The van der Waals surface area contributed by atoms with Crippen LogP contribution >= 0.6 is 0 Å². The van der Waals surface area contributed by atoms with Crippen LogP contribution in [0.2, 0.25) is 0 Å². The molecule has 0 radical (unpaired) electrons. The van der Waals surface area contributed by atoms with Crippen molar-refractivity contribution in [3.05, 3.63) is 0 Å². The van der Waals surface area contributed by atoms with Crippen LogP contribution in [-0.2, 0) is 4.74 Å². The maximum atomic E-state index is 5.59. The van der Waals surface area contributed by atoms with E-state index in [0.717, 1.165) is 19.8 Å². The van der Waals surface area contributed by atoms with Gasteiger partial charge in [0.2, 0.25) is 0 Å². The summed E-state index contributed by atoms with van der Waals surface area (Å²) in [6, 6.07) is 0. The SMILES string of the molecule is CCC1(C(C)CN)COC1. The van der Waals surface area contributed by atoms with Crippen LogP contribution in [0.1, 0.15) is 20.3 Å². The molecule has 1 fully saturated rings. The molecule has 0 saturated carbocycles. The molecule has 1 rings (SSSR count). The molecule has 0 aromatic heterocycles. The molecule has 60 valence electrons. The lowest BCUT2D eigenvalue weighted by Crippen LogP contribution is -2.49. The highest BCUT2D eigenvalue weighted by Crippen LogP contribution is 2.38. The second-order valence-electron chi connectivity index (χ2n) is 3.35. The van der Waals surface area contributed by atoms with Gasteiger partial charge in [0.15, 0.2) is 0 Å². The van der Waals surface area contributed by atoms with Gasteiger partial charge in [0.25, 0.3) is 0 Å². The Hall–Kier alpha value is -0.0800. The van der Waals surface area contributed by atoms with Gasteiger partial charge < -0.3 is 10.5 Å². The van der Waals surface area contributed by atoms with E-state index >= 15 is 0 Å². The van der Waals surface area contributed by atoms with Crippen LogP contribution in [0.3, 0.4) is 0 Å². The molecule has 0 aromatic rings. The third kappa shape index (κ3) is 1.06. The molecule has 0 bridgehead atoms. The number of nitrogens with two attached hydrogens (primary N) is 1. The van der Waals surface area contributed by atoms with E-state index in [1.807, 2.05) is 0 Å². The quantitative estimate of drug-likeness (QED) is 0.640. The normalized spacial score (nSPS) is 25.5. The summed E-state index contributed by atoms with van der Waals surface area (Å²) in [6.07, 6.45) is 1.20. The lowest BCUT2D eigenvalue weighted by Gasteiger charge is -2.45. The van der Waals surface area contributed by atoms with Crippen LogP contribution in [0.15, 0.2) is 0 Å². The van der Waals surface area contributed by atoms with Gasteiger partial charge in [-0.2, -0.15) is 0 Å². The molecule has 0 aromatic carbocycles. The van der Waals surface area contributed by atoms with Crippen LogP contribution in [0.5, 0.6) is 0 Å². The Morgan fingerprint density at radius 2 is 2.20 bits per heavy atom. The van der Waals surface area contributed by atoms with Crippen LogP contribution in [0, 0.1) is 11.3 Å². The Balaban J connectivity index is 2.46. The molecule has 1 heterocycles. The van der Waals surface area contributed by atoms with Gasteiger partial charge in [0.05, 0.1) is 13.2 Å². The molecule has 1 saturated heterocycles. The average Bonchev–Trinajstić information content (AvgIpc) is 1.86. The van der Waals surface area contributed by atoms with Crippen molar-refractivity contribution in [2.45, 2.75) is 20.3 Å². The maximum absolute atomic E-state index is 5.59. The second kappa shape index (κ2) is 2.89. The fourth-order valence-electron chi connectivity index (χ4n) is 1.45. The highest BCUT2D eigenvalue weighted by atomic mass is 16.5. The van der Waals surface area contributed by atoms with Crippen LogP contribution < -0.4 is 5.73 Å².